The van der Waals surface area contributed by atoms with Gasteiger partial charge in [-0.25, -0.2) is 0 Å². The van der Waals surface area contributed by atoms with Gasteiger partial charge in [0.1, 0.15) is 0 Å². The quantitative estimate of drug-likeness (QED) is 0.811. The van der Waals surface area contributed by atoms with Gasteiger partial charge in [-0.05, 0) is 19.8 Å². The van der Waals surface area contributed by atoms with Crippen molar-refractivity contribution in [3.63, 3.8) is 0 Å². The van der Waals surface area contributed by atoms with Crippen molar-refractivity contribution in [1.82, 2.24) is 14.7 Å². The smallest absolute Gasteiger partial charge is 0.305 e. The number of rotatable bonds is 7. The average molecular weight is 295 g/mol. The Balaban J connectivity index is 2.04. The lowest BCUT2D eigenvalue weighted by Gasteiger charge is -2.24. The van der Waals surface area contributed by atoms with Gasteiger partial charge < -0.3 is 14.7 Å². The van der Waals surface area contributed by atoms with Gasteiger partial charge in [-0.1, -0.05) is 0 Å². The molecule has 1 N–H and O–H groups in total. The van der Waals surface area contributed by atoms with Crippen molar-refractivity contribution >= 4 is 11.9 Å². The molecule has 7 nitrogen and oxygen atoms in total. The molecule has 116 valence electrons. The van der Waals surface area contributed by atoms with Crippen molar-refractivity contribution in [2.45, 2.75) is 38.8 Å². The number of nitrogens with zero attached hydrogens (tertiary/aromatic N) is 3. The van der Waals surface area contributed by atoms with Gasteiger partial charge in [0.2, 0.25) is 0 Å². The number of amides is 1. The number of carbonyl (C=O) groups excluding carboxylic acids is 1. The van der Waals surface area contributed by atoms with Gasteiger partial charge in [0, 0.05) is 32.4 Å². The number of hydrogen-bond donors (Lipinski definition) is 1. The van der Waals surface area contributed by atoms with E-state index < -0.39 is 5.97 Å². The van der Waals surface area contributed by atoms with E-state index in [0.29, 0.717) is 25.3 Å². The zero-order valence-electron chi connectivity index (χ0n) is 12.2. The van der Waals surface area contributed by atoms with Crippen LogP contribution in [0.15, 0.2) is 12.4 Å². The molecule has 2 rings (SSSR count). The average Bonchev–Trinajstić information content (AvgIpc) is 3.13. The molecule has 1 aromatic rings. The molecule has 0 bridgehead atoms. The number of ether oxygens (including phenoxy) is 1. The Morgan fingerprint density at radius 1 is 1.57 bits per heavy atom. The lowest BCUT2D eigenvalue weighted by molar-refractivity contribution is -0.137. The number of aliphatic carboxylic acids is 1. The maximum Gasteiger partial charge on any atom is 0.305 e. The minimum Gasteiger partial charge on any atom is -0.481 e. The van der Waals surface area contributed by atoms with Crippen LogP contribution in [-0.2, 0) is 16.1 Å². The first-order valence-corrected chi connectivity index (χ1v) is 7.25. The summed E-state index contributed by atoms with van der Waals surface area (Å²) in [7, 11) is 0. The summed E-state index contributed by atoms with van der Waals surface area (Å²) in [4.78, 5) is 24.8. The van der Waals surface area contributed by atoms with Gasteiger partial charge in [-0.3, -0.25) is 14.3 Å². The van der Waals surface area contributed by atoms with Crippen LogP contribution < -0.4 is 0 Å². The van der Waals surface area contributed by atoms with E-state index in [1.807, 2.05) is 6.92 Å². The van der Waals surface area contributed by atoms with E-state index in [1.165, 1.54) is 6.20 Å². The molecular weight excluding hydrogens is 274 g/mol. The first-order chi connectivity index (χ1) is 10.1. The topological polar surface area (TPSA) is 84.7 Å². The van der Waals surface area contributed by atoms with Gasteiger partial charge in [0.25, 0.3) is 5.91 Å². The number of carboxylic acid groups (broad SMARTS) is 1. The molecule has 1 saturated heterocycles. The molecule has 7 heteroatoms. The predicted molar refractivity (Wildman–Crippen MR) is 75.0 cm³/mol. The summed E-state index contributed by atoms with van der Waals surface area (Å²) in [6.07, 6.45) is 5.04. The summed E-state index contributed by atoms with van der Waals surface area (Å²) in [5.41, 5.74) is 0.486. The lowest BCUT2D eigenvalue weighted by atomic mass is 10.2. The molecule has 0 unspecified atom stereocenters. The van der Waals surface area contributed by atoms with Crippen molar-refractivity contribution in [2.24, 2.45) is 0 Å². The highest BCUT2D eigenvalue weighted by atomic mass is 16.5. The third-order valence-corrected chi connectivity index (χ3v) is 3.54. The van der Waals surface area contributed by atoms with Crippen LogP contribution in [0.1, 0.15) is 36.5 Å². The second kappa shape index (κ2) is 7.21. The molecule has 1 aliphatic heterocycles. The standard InChI is InChI=1S/C14H21N3O4/c1-2-17-9-11(8-15-17)14(20)16(6-5-13(18)19)10-12-4-3-7-21-12/h8-9,12H,2-7,10H2,1H3,(H,18,19)/t12-/m1/s1. The largest absolute Gasteiger partial charge is 0.481 e. The minimum atomic E-state index is -0.913. The molecule has 1 atom stereocenters. The van der Waals surface area contributed by atoms with E-state index >= 15 is 0 Å². The molecule has 21 heavy (non-hydrogen) atoms. The highest BCUT2D eigenvalue weighted by molar-refractivity contribution is 5.94. The van der Waals surface area contributed by atoms with Crippen LogP contribution in [0, 0.1) is 0 Å². The van der Waals surface area contributed by atoms with Gasteiger partial charge in [-0.15, -0.1) is 0 Å². The van der Waals surface area contributed by atoms with Crippen molar-refractivity contribution in [3.05, 3.63) is 18.0 Å². The molecule has 0 aromatic carbocycles. The molecule has 1 fully saturated rings. The number of aromatic nitrogens is 2. The van der Waals surface area contributed by atoms with E-state index in [2.05, 4.69) is 5.10 Å². The summed E-state index contributed by atoms with van der Waals surface area (Å²) in [5, 5.41) is 12.9. The fourth-order valence-corrected chi connectivity index (χ4v) is 2.37. The molecule has 0 saturated carbocycles. The van der Waals surface area contributed by atoms with Crippen molar-refractivity contribution < 1.29 is 19.4 Å². The normalized spacial score (nSPS) is 17.9. The highest BCUT2D eigenvalue weighted by Gasteiger charge is 2.24. The predicted octanol–water partition coefficient (Wildman–Crippen LogP) is 0.999. The van der Waals surface area contributed by atoms with Gasteiger partial charge >= 0.3 is 5.97 Å². The first-order valence-electron chi connectivity index (χ1n) is 7.25. The first kappa shape index (κ1) is 15.5. The maximum absolute atomic E-state index is 12.5. The van der Waals surface area contributed by atoms with Crippen LogP contribution >= 0.6 is 0 Å². The van der Waals surface area contributed by atoms with Crippen LogP contribution in [0.5, 0.6) is 0 Å². The van der Waals surface area contributed by atoms with E-state index in [1.54, 1.807) is 15.8 Å². The Labute approximate surface area is 123 Å². The minimum absolute atomic E-state index is 0.00367. The van der Waals surface area contributed by atoms with Crippen molar-refractivity contribution in [3.8, 4) is 0 Å². The van der Waals surface area contributed by atoms with Crippen molar-refractivity contribution in [1.29, 1.82) is 0 Å². The third kappa shape index (κ3) is 4.29. The molecule has 0 aliphatic carbocycles. The summed E-state index contributed by atoms with van der Waals surface area (Å²) in [6, 6.07) is 0. The number of aryl methyl sites for hydroxylation is 1. The van der Waals surface area contributed by atoms with Crippen LogP contribution in [0.4, 0.5) is 0 Å². The molecule has 2 heterocycles. The summed E-state index contributed by atoms with van der Waals surface area (Å²) >= 11 is 0. The second-order valence-corrected chi connectivity index (χ2v) is 5.11. The molecule has 1 aromatic heterocycles. The number of carbonyl (C=O) groups is 2. The van der Waals surface area contributed by atoms with Crippen LogP contribution in [0.25, 0.3) is 0 Å². The second-order valence-electron chi connectivity index (χ2n) is 5.11. The van der Waals surface area contributed by atoms with Crippen LogP contribution in [0.3, 0.4) is 0 Å². The maximum atomic E-state index is 12.5. The zero-order valence-corrected chi connectivity index (χ0v) is 12.2. The van der Waals surface area contributed by atoms with E-state index in [-0.39, 0.29) is 25.0 Å². The molecule has 1 aliphatic rings. The van der Waals surface area contributed by atoms with Crippen LogP contribution in [-0.4, -0.2) is 57.5 Å². The van der Waals surface area contributed by atoms with Gasteiger partial charge in [-0.2, -0.15) is 5.10 Å². The molecular formula is C14H21N3O4. The lowest BCUT2D eigenvalue weighted by Crippen LogP contribution is -2.38. The van der Waals surface area contributed by atoms with Crippen molar-refractivity contribution in [2.75, 3.05) is 19.7 Å². The Bertz CT molecular complexity index is 494. The zero-order chi connectivity index (χ0) is 15.2. The summed E-state index contributed by atoms with van der Waals surface area (Å²) in [6.45, 7) is 3.96. The third-order valence-electron chi connectivity index (χ3n) is 3.54. The Morgan fingerprint density at radius 2 is 2.38 bits per heavy atom. The summed E-state index contributed by atoms with van der Waals surface area (Å²) in [5.74, 6) is -1.10. The van der Waals surface area contributed by atoms with E-state index in [0.717, 1.165) is 12.8 Å². The summed E-state index contributed by atoms with van der Waals surface area (Å²) < 4.78 is 7.22. The SMILES string of the molecule is CCn1cc(C(=O)N(CCC(=O)O)C[C@H]2CCCO2)cn1. The van der Waals surface area contributed by atoms with E-state index in [9.17, 15) is 9.59 Å². The molecule has 0 radical (unpaired) electrons. The Hall–Kier alpha value is -1.89. The van der Waals surface area contributed by atoms with Crippen LogP contribution in [0.2, 0.25) is 0 Å². The monoisotopic (exact) mass is 295 g/mol. The fraction of sp³-hybridized carbons (Fsp3) is 0.643. The van der Waals surface area contributed by atoms with Gasteiger partial charge in [0.05, 0.1) is 24.3 Å². The number of carboxylic acids is 1. The number of hydrogen-bond acceptors (Lipinski definition) is 4. The molecule has 1 amide bonds. The Kier molecular flexibility index (Phi) is 5.32. The van der Waals surface area contributed by atoms with Gasteiger partial charge in [0.15, 0.2) is 0 Å². The fourth-order valence-electron chi connectivity index (χ4n) is 2.37. The van der Waals surface area contributed by atoms with E-state index in [4.69, 9.17) is 9.84 Å². The molecule has 0 spiro atoms. The Morgan fingerprint density at radius 3 is 2.95 bits per heavy atom. The highest BCUT2D eigenvalue weighted by Crippen LogP contribution is 2.15.